The van der Waals surface area contributed by atoms with Gasteiger partial charge in [0.05, 0.1) is 0 Å². The van der Waals surface area contributed by atoms with Crippen molar-refractivity contribution in [2.45, 2.75) is 40.5 Å². The molecule has 0 spiro atoms. The number of aryl methyl sites for hydroxylation is 4. The molecule has 0 fully saturated rings. The number of nitrogens with zero attached hydrogens (tertiary/aromatic N) is 2. The number of allylic oxidation sites excluding steroid dienone is 1. The smallest absolute Gasteiger partial charge is 0.192 e. The van der Waals surface area contributed by atoms with Crippen LogP contribution < -0.4 is 0 Å². The second-order valence-corrected chi connectivity index (χ2v) is 7.11. The van der Waals surface area contributed by atoms with Crippen LogP contribution in [0.2, 0.25) is 0 Å². The maximum absolute atomic E-state index is 5.82. The number of oxazole rings is 2. The highest BCUT2D eigenvalue weighted by Crippen LogP contribution is 2.27. The van der Waals surface area contributed by atoms with E-state index in [4.69, 9.17) is 8.83 Å². The summed E-state index contributed by atoms with van der Waals surface area (Å²) in [6.45, 7) is 12.2. The first-order valence-electron chi connectivity index (χ1n) is 8.79. The molecule has 0 aliphatic carbocycles. The molecule has 26 heavy (non-hydrogen) atoms. The van der Waals surface area contributed by atoms with Gasteiger partial charge in [0.1, 0.15) is 11.0 Å². The predicted molar refractivity (Wildman–Crippen MR) is 104 cm³/mol. The fourth-order valence-electron chi connectivity index (χ4n) is 3.60. The maximum Gasteiger partial charge on any atom is 0.192 e. The quantitative estimate of drug-likeness (QED) is 0.455. The van der Waals surface area contributed by atoms with E-state index in [2.05, 4.69) is 54.7 Å². The van der Waals surface area contributed by atoms with Gasteiger partial charge < -0.3 is 8.83 Å². The third kappa shape index (κ3) is 3.03. The van der Waals surface area contributed by atoms with Crippen LogP contribution in [0.25, 0.3) is 22.2 Å². The van der Waals surface area contributed by atoms with Gasteiger partial charge in [0.2, 0.25) is 0 Å². The van der Waals surface area contributed by atoms with E-state index in [1.807, 2.05) is 13.8 Å². The molecule has 0 aliphatic heterocycles. The lowest BCUT2D eigenvalue weighted by Crippen LogP contribution is -1.97. The minimum atomic E-state index is 0.690. The molecule has 0 N–H and O–H groups in total. The Bertz CT molecular complexity index is 1060. The molecule has 132 valence electrons. The molecule has 0 atom stereocenters. The van der Waals surface area contributed by atoms with Crippen molar-refractivity contribution in [3.8, 4) is 0 Å². The molecule has 2 aromatic carbocycles. The van der Waals surface area contributed by atoms with E-state index in [1.165, 1.54) is 11.1 Å². The monoisotopic (exact) mass is 346 g/mol. The van der Waals surface area contributed by atoms with Gasteiger partial charge in [-0.2, -0.15) is 0 Å². The summed E-state index contributed by atoms with van der Waals surface area (Å²) in [6.07, 6.45) is 1.49. The third-order valence-corrected chi connectivity index (χ3v) is 4.52. The van der Waals surface area contributed by atoms with E-state index in [-0.39, 0.29) is 0 Å². The zero-order valence-corrected chi connectivity index (χ0v) is 15.6. The van der Waals surface area contributed by atoms with Gasteiger partial charge in [-0.3, -0.25) is 0 Å². The van der Waals surface area contributed by atoms with Crippen molar-refractivity contribution in [3.63, 3.8) is 0 Å². The van der Waals surface area contributed by atoms with Gasteiger partial charge in [0, 0.05) is 25.0 Å². The number of hydrogen-bond acceptors (Lipinski definition) is 4. The molecular weight excluding hydrogens is 324 g/mol. The summed E-state index contributed by atoms with van der Waals surface area (Å²) in [6, 6.07) is 8.42. The molecule has 4 rings (SSSR count). The highest BCUT2D eigenvalue weighted by atomic mass is 16.4. The Morgan fingerprint density at radius 2 is 1.19 bits per heavy atom. The van der Waals surface area contributed by atoms with Crippen LogP contribution in [0.4, 0.5) is 0 Å². The van der Waals surface area contributed by atoms with Crippen molar-refractivity contribution < 1.29 is 8.83 Å². The van der Waals surface area contributed by atoms with Gasteiger partial charge >= 0.3 is 0 Å². The van der Waals surface area contributed by atoms with Gasteiger partial charge in [-0.25, -0.2) is 9.97 Å². The highest BCUT2D eigenvalue weighted by Gasteiger charge is 2.14. The lowest BCUT2D eigenvalue weighted by molar-refractivity contribution is 0.557. The molecule has 0 saturated carbocycles. The SMILES string of the molecule is C=C(Cc1cc(C)cc2nc(C)oc12)Cc1cc(C)cc2nc(C)oc12. The van der Waals surface area contributed by atoms with Crippen LogP contribution in [-0.4, -0.2) is 9.97 Å². The second-order valence-electron chi connectivity index (χ2n) is 7.11. The minimum absolute atomic E-state index is 0.690. The van der Waals surface area contributed by atoms with Crippen molar-refractivity contribution in [2.75, 3.05) is 0 Å². The van der Waals surface area contributed by atoms with Crippen LogP contribution in [0.1, 0.15) is 34.0 Å². The Labute approximate surface area is 152 Å². The molecule has 4 nitrogen and oxygen atoms in total. The number of fused-ring (bicyclic) bond motifs is 2. The largest absolute Gasteiger partial charge is 0.441 e. The van der Waals surface area contributed by atoms with Gasteiger partial charge in [-0.1, -0.05) is 24.3 Å². The van der Waals surface area contributed by atoms with Crippen LogP contribution in [0, 0.1) is 27.7 Å². The molecule has 0 aliphatic rings. The lowest BCUT2D eigenvalue weighted by Gasteiger charge is -2.09. The fourth-order valence-corrected chi connectivity index (χ4v) is 3.60. The summed E-state index contributed by atoms with van der Waals surface area (Å²) >= 11 is 0. The second kappa shape index (κ2) is 6.13. The first-order valence-corrected chi connectivity index (χ1v) is 8.79. The highest BCUT2D eigenvalue weighted by molar-refractivity contribution is 5.79. The van der Waals surface area contributed by atoms with E-state index in [9.17, 15) is 0 Å². The average molecular weight is 346 g/mol. The molecule has 4 aromatic rings. The fraction of sp³-hybridized carbons (Fsp3) is 0.273. The summed E-state index contributed by atoms with van der Waals surface area (Å²) in [5, 5.41) is 0. The maximum atomic E-state index is 5.82. The van der Waals surface area contributed by atoms with E-state index >= 15 is 0 Å². The first kappa shape index (κ1) is 16.6. The van der Waals surface area contributed by atoms with Gasteiger partial charge in [0.25, 0.3) is 0 Å². The van der Waals surface area contributed by atoms with Crippen molar-refractivity contribution in [3.05, 3.63) is 70.5 Å². The molecular formula is C22H22N2O2. The van der Waals surface area contributed by atoms with Crippen LogP contribution in [0.3, 0.4) is 0 Å². The Morgan fingerprint density at radius 1 is 0.769 bits per heavy atom. The number of rotatable bonds is 4. The summed E-state index contributed by atoms with van der Waals surface area (Å²) in [5.74, 6) is 1.38. The molecule has 2 aromatic heterocycles. The summed E-state index contributed by atoms with van der Waals surface area (Å²) < 4.78 is 11.6. The van der Waals surface area contributed by atoms with Crippen LogP contribution >= 0.6 is 0 Å². The summed E-state index contributed by atoms with van der Waals surface area (Å²) in [5.41, 5.74) is 9.26. The third-order valence-electron chi connectivity index (χ3n) is 4.52. The molecule has 0 saturated heterocycles. The molecule has 4 heteroatoms. The molecule has 0 unspecified atom stereocenters. The zero-order chi connectivity index (χ0) is 18.4. The molecule has 0 amide bonds. The summed E-state index contributed by atoms with van der Waals surface area (Å²) in [4.78, 5) is 8.92. The van der Waals surface area contributed by atoms with Crippen LogP contribution in [-0.2, 0) is 12.8 Å². The molecule has 0 radical (unpaired) electrons. The lowest BCUT2D eigenvalue weighted by atomic mass is 9.97. The van der Waals surface area contributed by atoms with Crippen LogP contribution in [0.5, 0.6) is 0 Å². The van der Waals surface area contributed by atoms with E-state index in [0.29, 0.717) is 11.8 Å². The standard InChI is InChI=1S/C22H22N2O2/c1-12(6-17-8-13(2)10-19-21(17)25-15(4)23-19)7-18-9-14(3)11-20-22(18)26-16(5)24-20/h8-11H,1,6-7H2,2-5H3. The van der Waals surface area contributed by atoms with E-state index in [1.54, 1.807) is 0 Å². The zero-order valence-electron chi connectivity index (χ0n) is 15.6. The van der Waals surface area contributed by atoms with Gasteiger partial charge in [-0.15, -0.1) is 0 Å². The summed E-state index contributed by atoms with van der Waals surface area (Å²) in [7, 11) is 0. The van der Waals surface area contributed by atoms with Gasteiger partial charge in [0.15, 0.2) is 22.9 Å². The Balaban J connectivity index is 1.66. The first-order chi connectivity index (χ1) is 12.4. The predicted octanol–water partition coefficient (Wildman–Crippen LogP) is 5.54. The number of hydrogen-bond donors (Lipinski definition) is 0. The van der Waals surface area contributed by atoms with E-state index < -0.39 is 0 Å². The van der Waals surface area contributed by atoms with E-state index in [0.717, 1.165) is 51.7 Å². The van der Waals surface area contributed by atoms with Crippen molar-refractivity contribution in [1.82, 2.24) is 9.97 Å². The normalized spacial score (nSPS) is 11.5. The molecule has 0 bridgehead atoms. The van der Waals surface area contributed by atoms with Gasteiger partial charge in [-0.05, 0) is 49.9 Å². The van der Waals surface area contributed by atoms with Crippen molar-refractivity contribution in [2.24, 2.45) is 0 Å². The average Bonchev–Trinajstić information content (AvgIpc) is 3.08. The number of benzene rings is 2. The Morgan fingerprint density at radius 3 is 1.62 bits per heavy atom. The van der Waals surface area contributed by atoms with Crippen molar-refractivity contribution >= 4 is 22.2 Å². The van der Waals surface area contributed by atoms with Crippen LogP contribution in [0.15, 0.2) is 45.3 Å². The molecule has 2 heterocycles. The Kier molecular flexibility index (Phi) is 3.91. The van der Waals surface area contributed by atoms with Crippen molar-refractivity contribution in [1.29, 1.82) is 0 Å². The number of aromatic nitrogens is 2. The Hall–Kier alpha value is -2.88. The topological polar surface area (TPSA) is 52.1 Å². The minimum Gasteiger partial charge on any atom is -0.441 e.